The Morgan fingerprint density at radius 3 is 2.44 bits per heavy atom. The summed E-state index contributed by atoms with van der Waals surface area (Å²) in [4.78, 5) is 11.2. The third-order valence-electron chi connectivity index (χ3n) is 2.65. The van der Waals surface area contributed by atoms with Crippen molar-refractivity contribution in [2.24, 2.45) is 0 Å². The topological polar surface area (TPSA) is 58.6 Å². The highest BCUT2D eigenvalue weighted by atomic mass is 16.5. The fraction of sp³-hybridized carbons (Fsp3) is 0.0714. The standard InChI is InChI=1S/C14H13NO3/c1-18-13-4-2-3-12(9-13)10-5-7-11(8-6-10)14(16)15-17/h2-9,17H,1H3,(H,15,16). The van der Waals surface area contributed by atoms with Crippen LogP contribution in [0.25, 0.3) is 11.1 Å². The monoisotopic (exact) mass is 243 g/mol. The number of methoxy groups -OCH3 is 1. The Morgan fingerprint density at radius 2 is 1.83 bits per heavy atom. The number of rotatable bonds is 3. The number of benzene rings is 2. The van der Waals surface area contributed by atoms with E-state index in [0.29, 0.717) is 5.56 Å². The van der Waals surface area contributed by atoms with Crippen LogP contribution in [0.2, 0.25) is 0 Å². The molecule has 4 heteroatoms. The summed E-state index contributed by atoms with van der Waals surface area (Å²) in [5, 5.41) is 8.53. The largest absolute Gasteiger partial charge is 0.497 e. The molecule has 92 valence electrons. The molecule has 0 atom stereocenters. The molecule has 0 saturated heterocycles. The van der Waals surface area contributed by atoms with Crippen LogP contribution in [0.1, 0.15) is 10.4 Å². The second kappa shape index (κ2) is 5.33. The summed E-state index contributed by atoms with van der Waals surface area (Å²) in [6, 6.07) is 14.6. The molecule has 0 aliphatic rings. The van der Waals surface area contributed by atoms with Gasteiger partial charge in [-0.15, -0.1) is 0 Å². The van der Waals surface area contributed by atoms with E-state index in [1.54, 1.807) is 24.7 Å². The lowest BCUT2D eigenvalue weighted by atomic mass is 10.0. The molecule has 18 heavy (non-hydrogen) atoms. The van der Waals surface area contributed by atoms with E-state index >= 15 is 0 Å². The smallest absolute Gasteiger partial charge is 0.274 e. The van der Waals surface area contributed by atoms with Crippen LogP contribution < -0.4 is 10.2 Å². The van der Waals surface area contributed by atoms with E-state index in [1.165, 1.54) is 0 Å². The van der Waals surface area contributed by atoms with Gasteiger partial charge in [0.15, 0.2) is 0 Å². The Balaban J connectivity index is 2.31. The lowest BCUT2D eigenvalue weighted by Gasteiger charge is -2.05. The summed E-state index contributed by atoms with van der Waals surface area (Å²) in [7, 11) is 1.62. The zero-order valence-electron chi connectivity index (χ0n) is 9.88. The average Bonchev–Trinajstić information content (AvgIpc) is 2.46. The number of hydrogen-bond donors (Lipinski definition) is 2. The molecule has 0 saturated carbocycles. The maximum Gasteiger partial charge on any atom is 0.274 e. The quantitative estimate of drug-likeness (QED) is 0.643. The number of nitrogens with one attached hydrogen (secondary N) is 1. The summed E-state index contributed by atoms with van der Waals surface area (Å²) in [6.07, 6.45) is 0. The Morgan fingerprint density at radius 1 is 1.11 bits per heavy atom. The van der Waals surface area contributed by atoms with Crippen molar-refractivity contribution in [1.29, 1.82) is 0 Å². The van der Waals surface area contributed by atoms with Gasteiger partial charge in [0.25, 0.3) is 5.91 Å². The first-order chi connectivity index (χ1) is 8.74. The van der Waals surface area contributed by atoms with Gasteiger partial charge in [-0.05, 0) is 35.4 Å². The number of carbonyl (C=O) groups is 1. The Kier molecular flexibility index (Phi) is 3.60. The SMILES string of the molecule is COc1cccc(-c2ccc(C(=O)NO)cc2)c1. The minimum atomic E-state index is -0.521. The third kappa shape index (κ3) is 2.49. The van der Waals surface area contributed by atoms with Crippen LogP contribution in [-0.4, -0.2) is 18.2 Å². The van der Waals surface area contributed by atoms with Crippen LogP contribution in [-0.2, 0) is 0 Å². The Hall–Kier alpha value is -2.33. The molecular weight excluding hydrogens is 230 g/mol. The Bertz CT molecular complexity index is 549. The van der Waals surface area contributed by atoms with Crippen molar-refractivity contribution in [2.75, 3.05) is 7.11 Å². The molecule has 2 rings (SSSR count). The van der Waals surface area contributed by atoms with Gasteiger partial charge in [0.1, 0.15) is 5.75 Å². The molecule has 0 unspecified atom stereocenters. The van der Waals surface area contributed by atoms with Crippen molar-refractivity contribution in [1.82, 2.24) is 5.48 Å². The van der Waals surface area contributed by atoms with Crippen molar-refractivity contribution in [2.45, 2.75) is 0 Å². The van der Waals surface area contributed by atoms with Gasteiger partial charge in [0.05, 0.1) is 7.11 Å². The maximum absolute atomic E-state index is 11.2. The molecule has 0 fully saturated rings. The molecule has 2 N–H and O–H groups in total. The number of carbonyl (C=O) groups excluding carboxylic acids is 1. The molecule has 0 bridgehead atoms. The molecular formula is C14H13NO3. The fourth-order valence-electron chi connectivity index (χ4n) is 1.68. The first-order valence-corrected chi connectivity index (χ1v) is 5.43. The van der Waals surface area contributed by atoms with E-state index in [4.69, 9.17) is 9.94 Å². The van der Waals surface area contributed by atoms with Gasteiger partial charge in [-0.1, -0.05) is 24.3 Å². The maximum atomic E-state index is 11.2. The number of ether oxygens (including phenoxy) is 1. The van der Waals surface area contributed by atoms with Crippen molar-refractivity contribution < 1.29 is 14.7 Å². The lowest BCUT2D eigenvalue weighted by molar-refractivity contribution is 0.0706. The molecule has 0 aromatic heterocycles. The van der Waals surface area contributed by atoms with E-state index in [0.717, 1.165) is 16.9 Å². The zero-order valence-corrected chi connectivity index (χ0v) is 9.88. The van der Waals surface area contributed by atoms with Crippen molar-refractivity contribution in [3.8, 4) is 16.9 Å². The van der Waals surface area contributed by atoms with E-state index in [2.05, 4.69) is 0 Å². The second-order valence-corrected chi connectivity index (χ2v) is 3.75. The van der Waals surface area contributed by atoms with E-state index in [9.17, 15) is 4.79 Å². The average molecular weight is 243 g/mol. The third-order valence-corrected chi connectivity index (χ3v) is 2.65. The summed E-state index contributed by atoms with van der Waals surface area (Å²) < 4.78 is 5.16. The summed E-state index contributed by atoms with van der Waals surface area (Å²) >= 11 is 0. The van der Waals surface area contributed by atoms with Gasteiger partial charge < -0.3 is 4.74 Å². The van der Waals surface area contributed by atoms with Crippen LogP contribution in [0.4, 0.5) is 0 Å². The summed E-state index contributed by atoms with van der Waals surface area (Å²) in [5.74, 6) is 0.261. The minimum absolute atomic E-state index is 0.407. The van der Waals surface area contributed by atoms with Crippen molar-refractivity contribution in [3.05, 3.63) is 54.1 Å². The predicted octanol–water partition coefficient (Wildman–Crippen LogP) is 2.48. The number of hydrogen-bond acceptors (Lipinski definition) is 3. The fourth-order valence-corrected chi connectivity index (χ4v) is 1.68. The number of amides is 1. The summed E-state index contributed by atoms with van der Waals surface area (Å²) in [5.41, 5.74) is 3.99. The normalized spacial score (nSPS) is 9.89. The molecule has 0 radical (unpaired) electrons. The van der Waals surface area contributed by atoms with Gasteiger partial charge >= 0.3 is 0 Å². The van der Waals surface area contributed by atoms with Crippen LogP contribution in [0, 0.1) is 0 Å². The van der Waals surface area contributed by atoms with E-state index in [-0.39, 0.29) is 0 Å². The molecule has 2 aromatic rings. The molecule has 0 aliphatic heterocycles. The summed E-state index contributed by atoms with van der Waals surface area (Å²) in [6.45, 7) is 0. The molecule has 0 aliphatic carbocycles. The number of hydroxylamine groups is 1. The van der Waals surface area contributed by atoms with Gasteiger partial charge in [0, 0.05) is 5.56 Å². The molecule has 1 amide bonds. The van der Waals surface area contributed by atoms with Gasteiger partial charge in [-0.2, -0.15) is 0 Å². The minimum Gasteiger partial charge on any atom is -0.497 e. The molecule has 0 heterocycles. The lowest BCUT2D eigenvalue weighted by Crippen LogP contribution is -2.18. The van der Waals surface area contributed by atoms with Gasteiger partial charge in [-0.25, -0.2) is 5.48 Å². The van der Waals surface area contributed by atoms with Gasteiger partial charge in [0.2, 0.25) is 0 Å². The molecule has 0 spiro atoms. The van der Waals surface area contributed by atoms with Crippen LogP contribution in [0.5, 0.6) is 5.75 Å². The van der Waals surface area contributed by atoms with E-state index in [1.807, 2.05) is 36.4 Å². The van der Waals surface area contributed by atoms with Crippen molar-refractivity contribution >= 4 is 5.91 Å². The highest BCUT2D eigenvalue weighted by molar-refractivity contribution is 5.93. The second-order valence-electron chi connectivity index (χ2n) is 3.75. The van der Waals surface area contributed by atoms with Crippen LogP contribution >= 0.6 is 0 Å². The highest BCUT2D eigenvalue weighted by Gasteiger charge is 2.04. The first-order valence-electron chi connectivity index (χ1n) is 5.43. The van der Waals surface area contributed by atoms with Crippen LogP contribution in [0.15, 0.2) is 48.5 Å². The predicted molar refractivity (Wildman–Crippen MR) is 67.7 cm³/mol. The molecule has 2 aromatic carbocycles. The zero-order chi connectivity index (χ0) is 13.0. The van der Waals surface area contributed by atoms with E-state index < -0.39 is 5.91 Å². The van der Waals surface area contributed by atoms with Crippen molar-refractivity contribution in [3.63, 3.8) is 0 Å². The Labute approximate surface area is 105 Å². The first kappa shape index (κ1) is 12.1. The van der Waals surface area contributed by atoms with Crippen LogP contribution in [0.3, 0.4) is 0 Å². The molecule has 4 nitrogen and oxygen atoms in total. The van der Waals surface area contributed by atoms with Gasteiger partial charge in [-0.3, -0.25) is 10.0 Å². The highest BCUT2D eigenvalue weighted by Crippen LogP contribution is 2.23.